The number of nitrogens with zero attached hydrogens (tertiary/aromatic N) is 1. The molecule has 0 bridgehead atoms. The number of nitrogens with two attached hydrogens (primary N) is 1. The van der Waals surface area contributed by atoms with Crippen LogP contribution in [0, 0.1) is 10.4 Å². The maximum absolute atomic E-state index is 13.0. The number of quaternary nitrogens is 1. The summed E-state index contributed by atoms with van der Waals surface area (Å²) < 4.78 is 12.1. The van der Waals surface area contributed by atoms with Crippen molar-refractivity contribution < 1.29 is 24.5 Å². The van der Waals surface area contributed by atoms with E-state index < -0.39 is 5.97 Å². The van der Waals surface area contributed by atoms with Gasteiger partial charge in [0, 0.05) is 26.7 Å². The minimum Gasteiger partial charge on any atom is -0.630 e. The molecule has 2 rings (SSSR count). The SMILES string of the molecule is C=C1C=CC=C(OCC(=O)OCC)/C1=[N+](\[O-])c1cc(Br)c(Br)cc1[NH2+][O-]. The lowest BCUT2D eigenvalue weighted by Crippen LogP contribution is -2.70. The van der Waals surface area contributed by atoms with Gasteiger partial charge in [0.2, 0.25) is 5.69 Å². The van der Waals surface area contributed by atoms with Crippen molar-refractivity contribution >= 4 is 54.9 Å². The third kappa shape index (κ3) is 4.61. The van der Waals surface area contributed by atoms with Crippen LogP contribution in [0.1, 0.15) is 6.92 Å². The van der Waals surface area contributed by atoms with Crippen LogP contribution in [0.15, 0.2) is 57.2 Å². The number of benzene rings is 1. The second-order valence-corrected chi connectivity index (χ2v) is 6.80. The molecule has 2 N–H and O–H groups in total. The van der Waals surface area contributed by atoms with E-state index in [-0.39, 0.29) is 36.1 Å². The Balaban J connectivity index is 2.45. The number of hydrogen-bond acceptors (Lipinski definition) is 5. The van der Waals surface area contributed by atoms with Crippen LogP contribution in [0.2, 0.25) is 0 Å². The maximum atomic E-state index is 13.0. The van der Waals surface area contributed by atoms with Gasteiger partial charge in [-0.05, 0) is 50.9 Å². The monoisotopic (exact) mass is 486 g/mol. The zero-order chi connectivity index (χ0) is 19.3. The van der Waals surface area contributed by atoms with Crippen molar-refractivity contribution in [2.24, 2.45) is 0 Å². The van der Waals surface area contributed by atoms with Gasteiger partial charge in [-0.3, -0.25) is 0 Å². The van der Waals surface area contributed by atoms with Crippen LogP contribution in [0.25, 0.3) is 0 Å². The van der Waals surface area contributed by atoms with Crippen LogP contribution in [0.3, 0.4) is 0 Å². The van der Waals surface area contributed by atoms with Gasteiger partial charge in [-0.2, -0.15) is 4.74 Å². The number of ether oxygens (including phenoxy) is 2. The van der Waals surface area contributed by atoms with Gasteiger partial charge < -0.3 is 25.4 Å². The summed E-state index contributed by atoms with van der Waals surface area (Å²) in [5.74, 6) is -0.387. The van der Waals surface area contributed by atoms with Gasteiger partial charge in [-0.1, -0.05) is 12.7 Å². The molecule has 0 saturated carbocycles. The Bertz CT molecular complexity index is 831. The molecule has 0 heterocycles. The number of allylic oxidation sites excluding steroid dienone is 4. The molecule has 0 unspecified atom stereocenters. The van der Waals surface area contributed by atoms with E-state index in [1.54, 1.807) is 25.2 Å². The van der Waals surface area contributed by atoms with Gasteiger partial charge in [-0.25, -0.2) is 4.79 Å². The van der Waals surface area contributed by atoms with Gasteiger partial charge in [0.1, 0.15) is 0 Å². The molecule has 138 valence electrons. The van der Waals surface area contributed by atoms with Crippen LogP contribution in [0.5, 0.6) is 0 Å². The smallest absolute Gasteiger partial charge is 0.344 e. The molecular formula is C17H16Br2N2O5. The van der Waals surface area contributed by atoms with E-state index in [1.807, 2.05) is 0 Å². The minimum atomic E-state index is -0.551. The molecule has 0 aliphatic heterocycles. The van der Waals surface area contributed by atoms with Gasteiger partial charge in [0.25, 0.3) is 11.4 Å². The molecule has 0 saturated heterocycles. The van der Waals surface area contributed by atoms with Gasteiger partial charge in [0.05, 0.1) is 6.61 Å². The summed E-state index contributed by atoms with van der Waals surface area (Å²) >= 11 is 6.61. The Kier molecular flexibility index (Phi) is 7.15. The second-order valence-electron chi connectivity index (χ2n) is 5.09. The predicted molar refractivity (Wildman–Crippen MR) is 104 cm³/mol. The lowest BCUT2D eigenvalue weighted by Gasteiger charge is -2.17. The summed E-state index contributed by atoms with van der Waals surface area (Å²) in [6.07, 6.45) is 4.83. The summed E-state index contributed by atoms with van der Waals surface area (Å²) in [6.45, 7) is 5.41. The van der Waals surface area contributed by atoms with Crippen LogP contribution >= 0.6 is 31.9 Å². The molecule has 0 amide bonds. The Morgan fingerprint density at radius 2 is 2.04 bits per heavy atom. The Hall–Kier alpha value is -1.94. The highest BCUT2D eigenvalue weighted by atomic mass is 79.9. The third-order valence-corrected chi connectivity index (χ3v) is 5.20. The van der Waals surface area contributed by atoms with E-state index in [4.69, 9.17) is 9.47 Å². The first-order chi connectivity index (χ1) is 12.4. The molecular weight excluding hydrogens is 472 g/mol. The van der Waals surface area contributed by atoms with E-state index in [0.717, 1.165) is 0 Å². The van der Waals surface area contributed by atoms with E-state index >= 15 is 0 Å². The zero-order valence-corrected chi connectivity index (χ0v) is 17.0. The molecule has 1 aromatic carbocycles. The summed E-state index contributed by atoms with van der Waals surface area (Å²) in [5, 5.41) is 24.4. The van der Waals surface area contributed by atoms with E-state index in [9.17, 15) is 15.2 Å². The Morgan fingerprint density at radius 3 is 2.69 bits per heavy atom. The molecule has 1 aromatic rings. The van der Waals surface area contributed by atoms with Gasteiger partial charge in [0.15, 0.2) is 12.4 Å². The van der Waals surface area contributed by atoms with Crippen molar-refractivity contribution in [2.75, 3.05) is 13.2 Å². The predicted octanol–water partition coefficient (Wildman–Crippen LogP) is 3.08. The maximum Gasteiger partial charge on any atom is 0.344 e. The van der Waals surface area contributed by atoms with Crippen molar-refractivity contribution in [3.05, 3.63) is 67.6 Å². The van der Waals surface area contributed by atoms with Crippen LogP contribution < -0.4 is 5.48 Å². The molecule has 7 nitrogen and oxygen atoms in total. The highest BCUT2D eigenvalue weighted by molar-refractivity contribution is 9.13. The lowest BCUT2D eigenvalue weighted by molar-refractivity contribution is -0.505. The van der Waals surface area contributed by atoms with Crippen LogP contribution in [-0.4, -0.2) is 29.6 Å². The quantitative estimate of drug-likeness (QED) is 0.218. The first-order valence-electron chi connectivity index (χ1n) is 7.53. The van der Waals surface area contributed by atoms with Crippen molar-refractivity contribution in [1.29, 1.82) is 0 Å². The lowest BCUT2D eigenvalue weighted by atomic mass is 10.0. The average molecular weight is 488 g/mol. The van der Waals surface area contributed by atoms with E-state index in [1.165, 1.54) is 12.1 Å². The first-order valence-corrected chi connectivity index (χ1v) is 9.12. The molecule has 1 aliphatic carbocycles. The van der Waals surface area contributed by atoms with E-state index in [0.29, 0.717) is 24.7 Å². The summed E-state index contributed by atoms with van der Waals surface area (Å²) in [7, 11) is 0. The van der Waals surface area contributed by atoms with Crippen LogP contribution in [0.4, 0.5) is 11.4 Å². The summed E-state index contributed by atoms with van der Waals surface area (Å²) in [4.78, 5) is 11.5. The Labute approximate surface area is 167 Å². The number of rotatable bonds is 6. The fourth-order valence-corrected chi connectivity index (χ4v) is 2.89. The third-order valence-electron chi connectivity index (χ3n) is 3.35. The van der Waals surface area contributed by atoms with E-state index in [2.05, 4.69) is 38.4 Å². The summed E-state index contributed by atoms with van der Waals surface area (Å²) in [6, 6.07) is 3.05. The topological polar surface area (TPSA) is 101 Å². The highest BCUT2D eigenvalue weighted by Crippen LogP contribution is 2.33. The normalized spacial score (nSPS) is 15.5. The molecule has 9 heteroatoms. The first kappa shape index (κ1) is 20.4. The number of halogens is 2. The highest BCUT2D eigenvalue weighted by Gasteiger charge is 2.27. The van der Waals surface area contributed by atoms with Gasteiger partial charge >= 0.3 is 5.97 Å². The average Bonchev–Trinajstić information content (AvgIpc) is 2.61. The molecule has 1 aliphatic rings. The van der Waals surface area contributed by atoms with Crippen molar-refractivity contribution in [3.63, 3.8) is 0 Å². The molecule has 0 atom stereocenters. The van der Waals surface area contributed by atoms with Crippen molar-refractivity contribution in [3.8, 4) is 0 Å². The molecule has 0 radical (unpaired) electrons. The molecule has 0 spiro atoms. The number of hydrogen-bond donors (Lipinski definition) is 1. The molecule has 0 fully saturated rings. The summed E-state index contributed by atoms with van der Waals surface area (Å²) in [5.41, 5.74) is 1.38. The van der Waals surface area contributed by atoms with Crippen LogP contribution in [-0.2, 0) is 14.3 Å². The largest absolute Gasteiger partial charge is 0.630 e. The fraction of sp³-hybridized carbons (Fsp3) is 0.176. The minimum absolute atomic E-state index is 0.106. The zero-order valence-electron chi connectivity index (χ0n) is 13.8. The van der Waals surface area contributed by atoms with Crippen molar-refractivity contribution in [2.45, 2.75) is 6.92 Å². The number of esters is 1. The standard InChI is InChI=1S/C17H16Br2N2O5/c1-3-25-16(22)9-26-15-6-4-5-10(2)17(15)21(24)14-8-12(19)11(18)7-13(14)20-23/h4-8H,2-3,9,20H2,1H3/b21-17-. The molecule has 26 heavy (non-hydrogen) atoms. The van der Waals surface area contributed by atoms with Crippen molar-refractivity contribution in [1.82, 2.24) is 0 Å². The number of carbonyl (C=O) groups excluding carboxylic acids is 1. The number of carbonyl (C=O) groups is 1. The van der Waals surface area contributed by atoms with Gasteiger partial charge in [-0.15, -0.1) is 0 Å². The Morgan fingerprint density at radius 1 is 1.35 bits per heavy atom. The fourth-order valence-electron chi connectivity index (χ4n) is 2.20. The molecule has 0 aromatic heterocycles. The second kappa shape index (κ2) is 9.13.